The molecule has 1 aromatic carbocycles. The normalized spacial score (nSPS) is 14.8. The maximum atomic E-state index is 13.5. The number of rotatable bonds is 3. The maximum Gasteiger partial charge on any atom is 0.419 e. The van der Waals surface area contributed by atoms with Crippen LogP contribution < -0.4 is 5.32 Å². The summed E-state index contributed by atoms with van der Waals surface area (Å²) < 4.78 is 7.06. The number of benzene rings is 1. The molecule has 0 saturated heterocycles. The third kappa shape index (κ3) is 5.92. The Balaban J connectivity index is 0.000000538. The van der Waals surface area contributed by atoms with Crippen molar-refractivity contribution in [1.82, 2.24) is 14.9 Å². The van der Waals surface area contributed by atoms with Crippen molar-refractivity contribution in [2.45, 2.75) is 38.7 Å². The van der Waals surface area contributed by atoms with E-state index in [1.54, 1.807) is 19.3 Å². The summed E-state index contributed by atoms with van der Waals surface area (Å²) in [4.78, 5) is 48.7. The number of nitrogens with one attached hydrogen (secondary N) is 1. The molecular formula is C25H25N3O7S. The minimum Gasteiger partial charge on any atom is -0.473 e. The third-order valence-electron chi connectivity index (χ3n) is 4.94. The lowest BCUT2D eigenvalue weighted by atomic mass is 10.0. The number of Topliss-reactive ketones (excluding diaryl/α,β-unsaturated/α-hetero) is 1. The molecule has 0 aliphatic carbocycles. The van der Waals surface area contributed by atoms with Crippen molar-refractivity contribution in [3.63, 3.8) is 0 Å². The Kier molecular flexibility index (Phi) is 7.83. The SMILES string of the molecule is Cc1c(C(=O)C2=CSC(c3cccnc3)N2)c2ccccc2n1C(=O)OC(C)(C)C.O=C(O)C(=O)O. The van der Waals surface area contributed by atoms with E-state index in [4.69, 9.17) is 24.5 Å². The smallest absolute Gasteiger partial charge is 0.419 e. The number of hydrogen-bond donors (Lipinski definition) is 3. The van der Waals surface area contributed by atoms with Gasteiger partial charge in [0.05, 0.1) is 16.8 Å². The quantitative estimate of drug-likeness (QED) is 0.342. The summed E-state index contributed by atoms with van der Waals surface area (Å²) in [6, 6.07) is 11.2. The summed E-state index contributed by atoms with van der Waals surface area (Å²) in [5.74, 6) is -3.80. The molecule has 0 radical (unpaired) electrons. The highest BCUT2D eigenvalue weighted by atomic mass is 32.2. The molecule has 10 nitrogen and oxygen atoms in total. The lowest BCUT2D eigenvalue weighted by Crippen LogP contribution is -2.28. The molecule has 2 aromatic heterocycles. The van der Waals surface area contributed by atoms with E-state index in [0.717, 1.165) is 10.9 Å². The van der Waals surface area contributed by atoms with Crippen molar-refractivity contribution in [3.8, 4) is 0 Å². The van der Waals surface area contributed by atoms with Gasteiger partial charge in [0, 0.05) is 34.4 Å². The molecule has 3 aromatic rings. The van der Waals surface area contributed by atoms with Crippen molar-refractivity contribution < 1.29 is 34.1 Å². The van der Waals surface area contributed by atoms with Crippen molar-refractivity contribution in [3.05, 3.63) is 76.7 Å². The van der Waals surface area contributed by atoms with Crippen LogP contribution in [0.4, 0.5) is 4.79 Å². The minimum atomic E-state index is -1.82. The second-order valence-electron chi connectivity index (χ2n) is 8.71. The topological polar surface area (TPSA) is 148 Å². The van der Waals surface area contributed by atoms with E-state index in [-0.39, 0.29) is 11.2 Å². The number of fused-ring (bicyclic) bond motifs is 1. The van der Waals surface area contributed by atoms with Gasteiger partial charge in [0.1, 0.15) is 11.0 Å². The molecule has 1 aliphatic rings. The highest BCUT2D eigenvalue weighted by Gasteiger charge is 2.30. The van der Waals surface area contributed by atoms with Gasteiger partial charge in [0.2, 0.25) is 5.78 Å². The highest BCUT2D eigenvalue weighted by molar-refractivity contribution is 8.02. The van der Waals surface area contributed by atoms with E-state index in [2.05, 4.69) is 10.3 Å². The van der Waals surface area contributed by atoms with Gasteiger partial charge in [-0.15, -0.1) is 11.8 Å². The summed E-state index contributed by atoms with van der Waals surface area (Å²) in [6.07, 6.45) is 3.01. The van der Waals surface area contributed by atoms with Gasteiger partial charge in [-0.05, 0) is 39.8 Å². The molecular weight excluding hydrogens is 486 g/mol. The Morgan fingerprint density at radius 3 is 2.31 bits per heavy atom. The zero-order chi connectivity index (χ0) is 26.6. The number of carboxylic acid groups (broad SMARTS) is 2. The van der Waals surface area contributed by atoms with Gasteiger partial charge in [-0.3, -0.25) is 9.78 Å². The van der Waals surface area contributed by atoms with E-state index in [1.807, 2.05) is 62.6 Å². The number of nitrogens with zero attached hydrogens (tertiary/aromatic N) is 2. The summed E-state index contributed by atoms with van der Waals surface area (Å²) in [5, 5.41) is 20.6. The molecule has 1 atom stereocenters. The van der Waals surface area contributed by atoms with Crippen LogP contribution in [0.3, 0.4) is 0 Å². The van der Waals surface area contributed by atoms with Crippen LogP contribution >= 0.6 is 11.8 Å². The molecule has 0 fully saturated rings. The molecule has 0 spiro atoms. The summed E-state index contributed by atoms with van der Waals surface area (Å²) in [6.45, 7) is 7.24. The Morgan fingerprint density at radius 2 is 1.72 bits per heavy atom. The molecule has 4 rings (SSSR count). The fourth-order valence-electron chi connectivity index (χ4n) is 3.49. The number of pyridine rings is 1. The summed E-state index contributed by atoms with van der Waals surface area (Å²) >= 11 is 1.53. The molecule has 0 saturated carbocycles. The van der Waals surface area contributed by atoms with E-state index in [0.29, 0.717) is 22.5 Å². The number of ketones is 1. The predicted octanol–water partition coefficient (Wildman–Crippen LogP) is 4.34. The van der Waals surface area contributed by atoms with Crippen LogP contribution in [-0.2, 0) is 14.3 Å². The summed E-state index contributed by atoms with van der Waals surface area (Å²) in [7, 11) is 0. The zero-order valence-corrected chi connectivity index (χ0v) is 20.8. The molecule has 3 heterocycles. The van der Waals surface area contributed by atoms with Gasteiger partial charge >= 0.3 is 18.0 Å². The van der Waals surface area contributed by atoms with Crippen LogP contribution in [0, 0.1) is 6.92 Å². The average Bonchev–Trinajstić information content (AvgIpc) is 3.41. The molecule has 3 N–H and O–H groups in total. The number of carboxylic acids is 2. The number of aromatic nitrogens is 2. The molecule has 36 heavy (non-hydrogen) atoms. The number of ether oxygens (including phenoxy) is 1. The highest BCUT2D eigenvalue weighted by Crippen LogP contribution is 2.36. The molecule has 1 aliphatic heterocycles. The largest absolute Gasteiger partial charge is 0.473 e. The number of carbonyl (C=O) groups excluding carboxylic acids is 2. The second-order valence-corrected chi connectivity index (χ2v) is 9.69. The lowest BCUT2D eigenvalue weighted by molar-refractivity contribution is -0.159. The first-order valence-corrected chi connectivity index (χ1v) is 11.7. The number of hydrogen-bond acceptors (Lipinski definition) is 8. The number of carbonyl (C=O) groups is 4. The van der Waals surface area contributed by atoms with Crippen LogP contribution in [-0.4, -0.2) is 49.2 Å². The van der Waals surface area contributed by atoms with E-state index in [9.17, 15) is 9.59 Å². The van der Waals surface area contributed by atoms with Gasteiger partial charge in [-0.1, -0.05) is 24.3 Å². The fourth-order valence-corrected chi connectivity index (χ4v) is 4.43. The third-order valence-corrected chi connectivity index (χ3v) is 5.97. The van der Waals surface area contributed by atoms with Crippen molar-refractivity contribution in [1.29, 1.82) is 0 Å². The van der Waals surface area contributed by atoms with Crippen molar-refractivity contribution >= 4 is 46.5 Å². The van der Waals surface area contributed by atoms with Crippen LogP contribution in [0.5, 0.6) is 0 Å². The van der Waals surface area contributed by atoms with Crippen molar-refractivity contribution in [2.24, 2.45) is 0 Å². The number of para-hydroxylation sites is 1. The average molecular weight is 512 g/mol. The number of aliphatic carboxylic acids is 2. The van der Waals surface area contributed by atoms with Crippen LogP contribution in [0.25, 0.3) is 10.9 Å². The monoisotopic (exact) mass is 511 g/mol. The van der Waals surface area contributed by atoms with E-state index >= 15 is 0 Å². The molecule has 188 valence electrons. The molecule has 0 amide bonds. The Bertz CT molecular complexity index is 1350. The predicted molar refractivity (Wildman–Crippen MR) is 134 cm³/mol. The van der Waals surface area contributed by atoms with Gasteiger partial charge < -0.3 is 20.3 Å². The van der Waals surface area contributed by atoms with Gasteiger partial charge in [-0.2, -0.15) is 0 Å². The number of allylic oxidation sites excluding steroid dienone is 1. The Morgan fingerprint density at radius 1 is 1.06 bits per heavy atom. The standard InChI is InChI=1S/C23H23N3O3S.C2H2O4/c1-14-19(20(27)17-13-30-21(25-17)15-8-7-11-24-12-15)16-9-5-6-10-18(16)26(14)22(28)29-23(2,3)4;3-1(4)2(5)6/h5-13,21,25H,1-4H3;(H,3,4)(H,5,6). The summed E-state index contributed by atoms with van der Waals surface area (Å²) in [5.41, 5.74) is 2.58. The second kappa shape index (κ2) is 10.6. The van der Waals surface area contributed by atoms with Gasteiger partial charge in [-0.25, -0.2) is 19.0 Å². The minimum absolute atomic E-state index is 0.0721. The van der Waals surface area contributed by atoms with Crippen LogP contribution in [0.15, 0.2) is 59.9 Å². The first-order valence-electron chi connectivity index (χ1n) is 10.8. The Hall–Kier alpha value is -4.12. The molecule has 0 bridgehead atoms. The van der Waals surface area contributed by atoms with E-state index < -0.39 is 23.6 Å². The van der Waals surface area contributed by atoms with Crippen LogP contribution in [0.2, 0.25) is 0 Å². The fraction of sp³-hybridized carbons (Fsp3) is 0.240. The molecule has 11 heteroatoms. The molecule has 1 unspecified atom stereocenters. The van der Waals surface area contributed by atoms with Crippen molar-refractivity contribution in [2.75, 3.05) is 0 Å². The van der Waals surface area contributed by atoms with Crippen LogP contribution in [0.1, 0.15) is 47.8 Å². The van der Waals surface area contributed by atoms with E-state index in [1.165, 1.54) is 16.3 Å². The Labute approximate surface area is 211 Å². The van der Waals surface area contributed by atoms with Gasteiger partial charge in [0.25, 0.3) is 0 Å². The van der Waals surface area contributed by atoms with Gasteiger partial charge in [0.15, 0.2) is 0 Å². The number of thioether (sulfide) groups is 1. The zero-order valence-electron chi connectivity index (χ0n) is 20.0. The first-order chi connectivity index (χ1) is 16.9. The first kappa shape index (κ1) is 26.5. The lowest BCUT2D eigenvalue weighted by Gasteiger charge is -2.20. The maximum absolute atomic E-state index is 13.5.